The summed E-state index contributed by atoms with van der Waals surface area (Å²) in [5, 5.41) is 5.74. The highest BCUT2D eigenvalue weighted by Crippen LogP contribution is 2.19. The van der Waals surface area contributed by atoms with Gasteiger partial charge in [-0.05, 0) is 29.8 Å². The minimum Gasteiger partial charge on any atom is -0.336 e. The van der Waals surface area contributed by atoms with Gasteiger partial charge in [-0.25, -0.2) is 4.79 Å². The van der Waals surface area contributed by atoms with Gasteiger partial charge in [0.05, 0.1) is 6.54 Å². The summed E-state index contributed by atoms with van der Waals surface area (Å²) in [6.07, 6.45) is 0. The summed E-state index contributed by atoms with van der Waals surface area (Å²) in [5.41, 5.74) is 2.92. The van der Waals surface area contributed by atoms with Crippen LogP contribution < -0.4 is 15.5 Å². The second-order valence-corrected chi connectivity index (χ2v) is 7.52. The molecule has 2 aromatic carbocycles. The van der Waals surface area contributed by atoms with Crippen molar-refractivity contribution in [3.63, 3.8) is 0 Å². The van der Waals surface area contributed by atoms with E-state index >= 15 is 0 Å². The maximum Gasteiger partial charge on any atom is 0.321 e. The molecule has 2 saturated heterocycles. The van der Waals surface area contributed by atoms with Gasteiger partial charge in [0.2, 0.25) is 5.91 Å². The van der Waals surface area contributed by atoms with Crippen molar-refractivity contribution in [1.82, 2.24) is 15.1 Å². The number of nitrogens with zero attached hydrogens (tertiary/aromatic N) is 3. The number of amides is 3. The Labute approximate surface area is 171 Å². The zero-order valence-electron chi connectivity index (χ0n) is 16.5. The van der Waals surface area contributed by atoms with Gasteiger partial charge in [-0.2, -0.15) is 0 Å². The molecule has 2 heterocycles. The first kappa shape index (κ1) is 19.4. The molecule has 152 valence electrons. The van der Waals surface area contributed by atoms with E-state index in [1.807, 2.05) is 30.3 Å². The standard InChI is InChI=1S/C22H27N5O2/c28-21(24-19-6-8-20(9-7-19)27-11-10-23-22(27)29)17-26-14-12-25(13-15-26)16-18-4-2-1-3-5-18/h1-9H,10-17H2,(H,23,29)(H,24,28). The fraction of sp³-hybridized carbons (Fsp3) is 0.364. The molecule has 0 atom stereocenters. The van der Waals surface area contributed by atoms with Gasteiger partial charge in [-0.1, -0.05) is 30.3 Å². The van der Waals surface area contributed by atoms with Crippen molar-refractivity contribution < 1.29 is 9.59 Å². The normalized spacial score (nSPS) is 17.9. The molecular formula is C22H27N5O2. The zero-order valence-corrected chi connectivity index (χ0v) is 16.5. The Bertz CT molecular complexity index is 832. The Morgan fingerprint density at radius 3 is 2.24 bits per heavy atom. The summed E-state index contributed by atoms with van der Waals surface area (Å²) < 4.78 is 0. The van der Waals surface area contributed by atoms with E-state index in [1.54, 1.807) is 4.90 Å². The Morgan fingerprint density at radius 1 is 0.897 bits per heavy atom. The van der Waals surface area contributed by atoms with Gasteiger partial charge in [-0.15, -0.1) is 0 Å². The number of hydrogen-bond acceptors (Lipinski definition) is 4. The lowest BCUT2D eigenvalue weighted by atomic mass is 10.2. The van der Waals surface area contributed by atoms with Gasteiger partial charge in [0.25, 0.3) is 0 Å². The Hall–Kier alpha value is -2.90. The molecule has 0 radical (unpaired) electrons. The molecule has 3 amide bonds. The molecule has 29 heavy (non-hydrogen) atoms. The van der Waals surface area contributed by atoms with Crippen LogP contribution in [0.1, 0.15) is 5.56 Å². The first-order valence-corrected chi connectivity index (χ1v) is 10.1. The lowest BCUT2D eigenvalue weighted by Gasteiger charge is -2.34. The van der Waals surface area contributed by atoms with Crippen LogP contribution in [0.3, 0.4) is 0 Å². The van der Waals surface area contributed by atoms with Gasteiger partial charge in [-0.3, -0.25) is 19.5 Å². The van der Waals surface area contributed by atoms with E-state index in [2.05, 4.69) is 44.7 Å². The van der Waals surface area contributed by atoms with Crippen LogP contribution in [0.4, 0.5) is 16.2 Å². The lowest BCUT2D eigenvalue weighted by molar-refractivity contribution is -0.117. The Kier molecular flexibility index (Phi) is 6.07. The van der Waals surface area contributed by atoms with Crippen molar-refractivity contribution in [3.05, 3.63) is 60.2 Å². The molecule has 0 aromatic heterocycles. The van der Waals surface area contributed by atoms with Crippen LogP contribution in [0.5, 0.6) is 0 Å². The molecule has 0 aliphatic carbocycles. The van der Waals surface area contributed by atoms with Gasteiger partial charge in [0.1, 0.15) is 0 Å². The highest BCUT2D eigenvalue weighted by Gasteiger charge is 2.21. The van der Waals surface area contributed by atoms with Crippen LogP contribution in [0.2, 0.25) is 0 Å². The number of nitrogens with one attached hydrogen (secondary N) is 2. The van der Waals surface area contributed by atoms with Gasteiger partial charge < -0.3 is 10.6 Å². The number of rotatable bonds is 6. The summed E-state index contributed by atoms with van der Waals surface area (Å²) in [7, 11) is 0. The molecule has 0 spiro atoms. The third-order valence-electron chi connectivity index (χ3n) is 5.40. The van der Waals surface area contributed by atoms with Gasteiger partial charge in [0.15, 0.2) is 0 Å². The predicted molar refractivity (Wildman–Crippen MR) is 114 cm³/mol. The molecule has 0 bridgehead atoms. The molecule has 0 saturated carbocycles. The molecule has 7 nitrogen and oxygen atoms in total. The SMILES string of the molecule is O=C(CN1CCN(Cc2ccccc2)CC1)Nc1ccc(N2CCNC2=O)cc1. The molecule has 2 aromatic rings. The molecular weight excluding hydrogens is 366 g/mol. The van der Waals surface area contributed by atoms with E-state index in [9.17, 15) is 9.59 Å². The van der Waals surface area contributed by atoms with Crippen molar-refractivity contribution in [1.29, 1.82) is 0 Å². The molecule has 2 N–H and O–H groups in total. The largest absolute Gasteiger partial charge is 0.336 e. The lowest BCUT2D eigenvalue weighted by Crippen LogP contribution is -2.48. The summed E-state index contributed by atoms with van der Waals surface area (Å²) >= 11 is 0. The fourth-order valence-electron chi connectivity index (χ4n) is 3.79. The van der Waals surface area contributed by atoms with Crippen LogP contribution >= 0.6 is 0 Å². The van der Waals surface area contributed by atoms with Crippen LogP contribution in [0.25, 0.3) is 0 Å². The summed E-state index contributed by atoms with van der Waals surface area (Å²) in [4.78, 5) is 30.4. The maximum absolute atomic E-state index is 12.4. The van der Waals surface area contributed by atoms with Crippen molar-refractivity contribution in [3.8, 4) is 0 Å². The minimum atomic E-state index is -0.0757. The quantitative estimate of drug-likeness (QED) is 0.788. The van der Waals surface area contributed by atoms with Crippen molar-refractivity contribution in [2.45, 2.75) is 6.54 Å². The maximum atomic E-state index is 12.4. The van der Waals surface area contributed by atoms with E-state index in [1.165, 1.54) is 5.56 Å². The number of carbonyl (C=O) groups is 2. The summed E-state index contributed by atoms with van der Waals surface area (Å²) in [6.45, 7) is 6.41. The van der Waals surface area contributed by atoms with E-state index in [4.69, 9.17) is 0 Å². The Morgan fingerprint density at radius 2 is 1.59 bits per heavy atom. The molecule has 2 aliphatic rings. The second-order valence-electron chi connectivity index (χ2n) is 7.52. The fourth-order valence-corrected chi connectivity index (χ4v) is 3.79. The second kappa shape index (κ2) is 9.07. The number of piperazine rings is 1. The number of carbonyl (C=O) groups excluding carboxylic acids is 2. The highest BCUT2D eigenvalue weighted by molar-refractivity contribution is 5.95. The summed E-state index contributed by atoms with van der Waals surface area (Å²) in [6, 6.07) is 17.8. The first-order valence-electron chi connectivity index (χ1n) is 10.1. The van der Waals surface area contributed by atoms with Crippen molar-refractivity contribution in [2.24, 2.45) is 0 Å². The highest BCUT2D eigenvalue weighted by atomic mass is 16.2. The molecule has 4 rings (SSSR count). The number of hydrogen-bond donors (Lipinski definition) is 2. The molecule has 0 unspecified atom stereocenters. The third kappa shape index (κ3) is 5.13. The Balaban J connectivity index is 1.21. The average molecular weight is 393 g/mol. The average Bonchev–Trinajstić information content (AvgIpc) is 3.17. The monoisotopic (exact) mass is 393 g/mol. The topological polar surface area (TPSA) is 67.9 Å². The van der Waals surface area contributed by atoms with E-state index < -0.39 is 0 Å². The number of benzene rings is 2. The van der Waals surface area contributed by atoms with E-state index in [0.717, 1.165) is 44.1 Å². The summed E-state index contributed by atoms with van der Waals surface area (Å²) in [5.74, 6) is -0.00632. The van der Waals surface area contributed by atoms with Crippen LogP contribution in [0, 0.1) is 0 Å². The van der Waals surface area contributed by atoms with E-state index in [0.29, 0.717) is 19.6 Å². The van der Waals surface area contributed by atoms with Gasteiger partial charge in [0, 0.05) is 57.2 Å². The van der Waals surface area contributed by atoms with E-state index in [-0.39, 0.29) is 11.9 Å². The molecule has 7 heteroatoms. The van der Waals surface area contributed by atoms with Crippen molar-refractivity contribution in [2.75, 3.05) is 56.0 Å². The van der Waals surface area contributed by atoms with Crippen molar-refractivity contribution >= 4 is 23.3 Å². The third-order valence-corrected chi connectivity index (χ3v) is 5.40. The smallest absolute Gasteiger partial charge is 0.321 e. The minimum absolute atomic E-state index is 0.00632. The zero-order chi connectivity index (χ0) is 20.1. The first-order chi connectivity index (χ1) is 14.2. The number of urea groups is 1. The van der Waals surface area contributed by atoms with Crippen LogP contribution in [-0.4, -0.2) is 67.6 Å². The van der Waals surface area contributed by atoms with Crippen LogP contribution in [0.15, 0.2) is 54.6 Å². The molecule has 2 aliphatic heterocycles. The number of anilines is 2. The predicted octanol–water partition coefficient (Wildman–Crippen LogP) is 1.97. The molecule has 2 fully saturated rings. The van der Waals surface area contributed by atoms with Gasteiger partial charge >= 0.3 is 6.03 Å². The van der Waals surface area contributed by atoms with Crippen LogP contribution in [-0.2, 0) is 11.3 Å².